The number of nitrogens with zero attached hydrogens (tertiary/aromatic N) is 1. The Morgan fingerprint density at radius 2 is 1.93 bits per heavy atom. The number of hydrogen-bond acceptors (Lipinski definition) is 3. The van der Waals surface area contributed by atoms with Gasteiger partial charge in [0.15, 0.2) is 0 Å². The molecule has 3 N–H and O–H groups in total. The maximum absolute atomic E-state index is 12.5. The molecule has 3 rings (SSSR count). The summed E-state index contributed by atoms with van der Waals surface area (Å²) in [6.07, 6.45) is 0. The molecular formula is C21H23N3O3. The van der Waals surface area contributed by atoms with Gasteiger partial charge in [0.25, 0.3) is 5.56 Å². The highest BCUT2D eigenvalue weighted by Crippen LogP contribution is 2.15. The van der Waals surface area contributed by atoms with Crippen molar-refractivity contribution in [3.63, 3.8) is 0 Å². The molecule has 0 unspecified atom stereocenters. The van der Waals surface area contributed by atoms with Crippen LogP contribution in [0.3, 0.4) is 0 Å². The molecule has 0 saturated heterocycles. The van der Waals surface area contributed by atoms with E-state index in [0.717, 1.165) is 22.0 Å². The second-order valence-electron chi connectivity index (χ2n) is 6.45. The Bertz CT molecular complexity index is 983. The van der Waals surface area contributed by atoms with E-state index in [4.69, 9.17) is 0 Å². The van der Waals surface area contributed by atoms with Gasteiger partial charge in [-0.05, 0) is 29.5 Å². The fourth-order valence-electron chi connectivity index (χ4n) is 3.01. The van der Waals surface area contributed by atoms with E-state index in [1.807, 2.05) is 55.5 Å². The van der Waals surface area contributed by atoms with Gasteiger partial charge in [0.05, 0.1) is 18.7 Å². The van der Waals surface area contributed by atoms with Gasteiger partial charge in [0.2, 0.25) is 0 Å². The summed E-state index contributed by atoms with van der Waals surface area (Å²) in [6, 6.07) is 16.8. The normalized spacial score (nSPS) is 10.7. The predicted molar refractivity (Wildman–Crippen MR) is 105 cm³/mol. The number of urea groups is 1. The average Bonchev–Trinajstić information content (AvgIpc) is 2.68. The first-order chi connectivity index (χ1) is 13.1. The zero-order valence-electron chi connectivity index (χ0n) is 15.2. The number of aromatic nitrogens is 1. The number of pyridine rings is 1. The van der Waals surface area contributed by atoms with E-state index in [9.17, 15) is 14.7 Å². The molecule has 2 amide bonds. The molecule has 6 heteroatoms. The average molecular weight is 365 g/mol. The van der Waals surface area contributed by atoms with Gasteiger partial charge in [-0.3, -0.25) is 4.79 Å². The summed E-state index contributed by atoms with van der Waals surface area (Å²) in [6.45, 7) is 2.41. The van der Waals surface area contributed by atoms with Crippen molar-refractivity contribution in [3.8, 4) is 0 Å². The summed E-state index contributed by atoms with van der Waals surface area (Å²) in [5.74, 6) is 0. The summed E-state index contributed by atoms with van der Waals surface area (Å²) >= 11 is 0. The van der Waals surface area contributed by atoms with E-state index >= 15 is 0 Å². The van der Waals surface area contributed by atoms with Crippen molar-refractivity contribution < 1.29 is 9.90 Å². The molecule has 0 fully saturated rings. The number of carbonyl (C=O) groups excluding carboxylic acids is 1. The lowest BCUT2D eigenvalue weighted by molar-refractivity contribution is 0.173. The third-order valence-electron chi connectivity index (χ3n) is 4.47. The summed E-state index contributed by atoms with van der Waals surface area (Å²) in [5.41, 5.74) is 3.03. The lowest BCUT2D eigenvalue weighted by atomic mass is 10.1. The fourth-order valence-corrected chi connectivity index (χ4v) is 3.01. The van der Waals surface area contributed by atoms with Crippen LogP contribution in [0.25, 0.3) is 10.9 Å². The molecule has 0 aliphatic rings. The van der Waals surface area contributed by atoms with E-state index in [2.05, 4.69) is 10.3 Å². The minimum absolute atomic E-state index is 0.125. The molecule has 0 bridgehead atoms. The number of rotatable bonds is 6. The quantitative estimate of drug-likeness (QED) is 0.627. The van der Waals surface area contributed by atoms with Crippen molar-refractivity contribution in [1.29, 1.82) is 0 Å². The van der Waals surface area contributed by atoms with Crippen LogP contribution in [-0.2, 0) is 13.1 Å². The van der Waals surface area contributed by atoms with E-state index in [1.54, 1.807) is 6.07 Å². The molecule has 0 spiro atoms. The van der Waals surface area contributed by atoms with Crippen LogP contribution in [0.4, 0.5) is 4.79 Å². The summed E-state index contributed by atoms with van der Waals surface area (Å²) in [7, 11) is 0. The van der Waals surface area contributed by atoms with Crippen LogP contribution in [0.5, 0.6) is 0 Å². The second-order valence-corrected chi connectivity index (χ2v) is 6.45. The number of carbonyl (C=O) groups is 1. The molecule has 2 aromatic carbocycles. The maximum atomic E-state index is 12.5. The molecule has 1 heterocycles. The van der Waals surface area contributed by atoms with Crippen LogP contribution < -0.4 is 10.9 Å². The first-order valence-electron chi connectivity index (χ1n) is 8.87. The molecule has 6 nitrogen and oxygen atoms in total. The monoisotopic (exact) mass is 365 g/mol. The molecule has 0 aliphatic carbocycles. The Morgan fingerprint density at radius 1 is 1.15 bits per heavy atom. The highest BCUT2D eigenvalue weighted by atomic mass is 16.3. The number of aryl methyl sites for hydroxylation is 1. The van der Waals surface area contributed by atoms with Crippen molar-refractivity contribution in [2.45, 2.75) is 20.0 Å². The van der Waals surface area contributed by atoms with Crippen LogP contribution in [0.15, 0.2) is 59.4 Å². The molecular weight excluding hydrogens is 342 g/mol. The van der Waals surface area contributed by atoms with Crippen molar-refractivity contribution >= 4 is 16.9 Å². The number of aromatic amines is 1. The molecule has 0 aliphatic heterocycles. The first-order valence-corrected chi connectivity index (χ1v) is 8.87. The van der Waals surface area contributed by atoms with Crippen molar-refractivity contribution in [2.24, 2.45) is 0 Å². The van der Waals surface area contributed by atoms with Crippen LogP contribution in [0.2, 0.25) is 0 Å². The highest BCUT2D eigenvalue weighted by Gasteiger charge is 2.15. The number of H-pyrrole nitrogens is 1. The molecule has 27 heavy (non-hydrogen) atoms. The van der Waals surface area contributed by atoms with Crippen molar-refractivity contribution in [1.82, 2.24) is 15.2 Å². The Hall–Kier alpha value is -3.12. The van der Waals surface area contributed by atoms with Gasteiger partial charge in [-0.2, -0.15) is 0 Å². The van der Waals surface area contributed by atoms with Crippen LogP contribution in [-0.4, -0.2) is 34.2 Å². The summed E-state index contributed by atoms with van der Waals surface area (Å²) in [5, 5.41) is 13.1. The fraction of sp³-hybridized carbons (Fsp3) is 0.238. The van der Waals surface area contributed by atoms with Gasteiger partial charge in [-0.1, -0.05) is 48.5 Å². The molecule has 0 saturated carbocycles. The minimum atomic E-state index is -0.323. The highest BCUT2D eigenvalue weighted by molar-refractivity contribution is 5.82. The molecule has 3 aromatic rings. The van der Waals surface area contributed by atoms with Crippen LogP contribution in [0, 0.1) is 6.92 Å². The van der Waals surface area contributed by atoms with Crippen molar-refractivity contribution in [3.05, 3.63) is 81.6 Å². The van der Waals surface area contributed by atoms with Crippen LogP contribution >= 0.6 is 0 Å². The van der Waals surface area contributed by atoms with Crippen molar-refractivity contribution in [2.75, 3.05) is 13.2 Å². The second kappa shape index (κ2) is 8.51. The molecule has 0 radical (unpaired) electrons. The number of benzene rings is 2. The summed E-state index contributed by atoms with van der Waals surface area (Å²) < 4.78 is 0. The first kappa shape index (κ1) is 18.7. The zero-order chi connectivity index (χ0) is 19.2. The largest absolute Gasteiger partial charge is 0.395 e. The lowest BCUT2D eigenvalue weighted by Crippen LogP contribution is -2.41. The number of aliphatic hydroxyl groups is 1. The Morgan fingerprint density at radius 3 is 2.67 bits per heavy atom. The van der Waals surface area contributed by atoms with E-state index in [0.29, 0.717) is 12.1 Å². The lowest BCUT2D eigenvalue weighted by Gasteiger charge is -2.22. The Labute approximate surface area is 157 Å². The predicted octanol–water partition coefficient (Wildman–Crippen LogP) is 2.54. The number of nitrogens with one attached hydrogen (secondary N) is 2. The Balaban J connectivity index is 1.77. The molecule has 1 aromatic heterocycles. The SMILES string of the molecule is Cc1cccc2cc(CN(CCO)C(=O)NCc3ccccc3)c(=O)[nH]c12. The summed E-state index contributed by atoms with van der Waals surface area (Å²) in [4.78, 5) is 29.3. The van der Waals surface area contributed by atoms with Gasteiger partial charge in [0.1, 0.15) is 0 Å². The topological polar surface area (TPSA) is 85.4 Å². The minimum Gasteiger partial charge on any atom is -0.395 e. The number of amides is 2. The molecule has 140 valence electrons. The van der Waals surface area contributed by atoms with Gasteiger partial charge < -0.3 is 20.3 Å². The van der Waals surface area contributed by atoms with E-state index in [1.165, 1.54) is 4.90 Å². The van der Waals surface area contributed by atoms with E-state index in [-0.39, 0.29) is 31.3 Å². The van der Waals surface area contributed by atoms with Gasteiger partial charge in [-0.15, -0.1) is 0 Å². The van der Waals surface area contributed by atoms with Crippen LogP contribution in [0.1, 0.15) is 16.7 Å². The molecule has 0 atom stereocenters. The smallest absolute Gasteiger partial charge is 0.318 e. The standard InChI is InChI=1S/C21H23N3O3/c1-15-6-5-9-17-12-18(20(26)23-19(15)17)14-24(10-11-25)21(27)22-13-16-7-3-2-4-8-16/h2-9,12,25H,10-11,13-14H2,1H3,(H,22,27)(H,23,26). The third kappa shape index (κ3) is 4.54. The van der Waals surface area contributed by atoms with E-state index < -0.39 is 0 Å². The van der Waals surface area contributed by atoms with Gasteiger partial charge >= 0.3 is 6.03 Å². The number of hydrogen-bond donors (Lipinski definition) is 3. The zero-order valence-corrected chi connectivity index (χ0v) is 15.2. The Kier molecular flexibility index (Phi) is 5.88. The number of aliphatic hydroxyl groups excluding tert-OH is 1. The van der Waals surface area contributed by atoms with Gasteiger partial charge in [0, 0.05) is 18.7 Å². The van der Waals surface area contributed by atoms with Gasteiger partial charge in [-0.25, -0.2) is 4.79 Å². The third-order valence-corrected chi connectivity index (χ3v) is 4.47. The number of para-hydroxylation sites is 1. The maximum Gasteiger partial charge on any atom is 0.318 e. The number of fused-ring (bicyclic) bond motifs is 1.